The van der Waals surface area contributed by atoms with Crippen LogP contribution in [0.15, 0.2) is 66.9 Å². The second-order valence-corrected chi connectivity index (χ2v) is 7.77. The van der Waals surface area contributed by atoms with Crippen LogP contribution in [0.1, 0.15) is 23.7 Å². The summed E-state index contributed by atoms with van der Waals surface area (Å²) in [5.41, 5.74) is 2.84. The van der Waals surface area contributed by atoms with Gasteiger partial charge >= 0.3 is 12.1 Å². The number of rotatable bonds is 10. The maximum Gasteiger partial charge on any atom is 0.416 e. The number of carboxylic acids is 1. The molecule has 0 aliphatic rings. The first kappa shape index (κ1) is 24.1. The van der Waals surface area contributed by atoms with Crippen LogP contribution < -0.4 is 9.47 Å². The molecule has 0 aliphatic heterocycles. The molecule has 0 unspecified atom stereocenters. The lowest BCUT2D eigenvalue weighted by Crippen LogP contribution is -2.37. The van der Waals surface area contributed by atoms with Crippen LogP contribution in [0, 0.1) is 0 Å². The lowest BCUT2D eigenvalue weighted by Gasteiger charge is -2.20. The fourth-order valence-corrected chi connectivity index (χ4v) is 3.26. The number of hydrogen-bond acceptors (Lipinski definition) is 5. The van der Waals surface area contributed by atoms with Gasteiger partial charge in [0.1, 0.15) is 18.0 Å². The first-order valence-electron chi connectivity index (χ1n) is 10.5. The number of aromatic nitrogens is 1. The third-order valence-electron chi connectivity index (χ3n) is 4.78. The van der Waals surface area contributed by atoms with Gasteiger partial charge in [0.25, 0.3) is 0 Å². The van der Waals surface area contributed by atoms with Crippen molar-refractivity contribution < 1.29 is 24.2 Å². The summed E-state index contributed by atoms with van der Waals surface area (Å²) in [5, 5.41) is 9.64. The monoisotopic (exact) mass is 468 g/mol. The number of nitrogens with zero attached hydrogens (tertiary/aromatic N) is 2. The largest absolute Gasteiger partial charge is 0.493 e. The Labute approximate surface area is 197 Å². The Morgan fingerprint density at radius 1 is 1.03 bits per heavy atom. The van der Waals surface area contributed by atoms with Gasteiger partial charge < -0.3 is 14.6 Å². The minimum Gasteiger partial charge on any atom is -0.493 e. The van der Waals surface area contributed by atoms with Gasteiger partial charge in [0, 0.05) is 29.9 Å². The van der Waals surface area contributed by atoms with E-state index in [9.17, 15) is 14.7 Å². The normalized spacial score (nSPS) is 10.5. The molecule has 0 aliphatic carbocycles. The van der Waals surface area contributed by atoms with Gasteiger partial charge in [0.2, 0.25) is 0 Å². The van der Waals surface area contributed by atoms with Gasteiger partial charge in [-0.2, -0.15) is 0 Å². The summed E-state index contributed by atoms with van der Waals surface area (Å²) in [7, 11) is 0. The smallest absolute Gasteiger partial charge is 0.416 e. The number of pyridine rings is 1. The van der Waals surface area contributed by atoms with Crippen molar-refractivity contribution in [1.82, 2.24) is 9.88 Å². The molecule has 8 heteroatoms. The van der Waals surface area contributed by atoms with Gasteiger partial charge in [0.05, 0.1) is 6.61 Å². The number of ether oxygens (including phenoxy) is 2. The first-order chi connectivity index (χ1) is 15.9. The maximum absolute atomic E-state index is 12.6. The molecule has 0 bridgehead atoms. The Morgan fingerprint density at radius 3 is 2.52 bits per heavy atom. The molecule has 7 nitrogen and oxygen atoms in total. The number of amides is 1. The van der Waals surface area contributed by atoms with Crippen LogP contribution in [-0.4, -0.2) is 40.2 Å². The Kier molecular flexibility index (Phi) is 8.66. The van der Waals surface area contributed by atoms with Crippen LogP contribution in [0.3, 0.4) is 0 Å². The van der Waals surface area contributed by atoms with E-state index >= 15 is 0 Å². The van der Waals surface area contributed by atoms with Crippen LogP contribution >= 0.6 is 11.6 Å². The zero-order valence-electron chi connectivity index (χ0n) is 18.2. The Balaban J connectivity index is 1.60. The van der Waals surface area contributed by atoms with Gasteiger partial charge in [0.15, 0.2) is 0 Å². The second-order valence-electron chi connectivity index (χ2n) is 7.33. The van der Waals surface area contributed by atoms with E-state index < -0.39 is 18.6 Å². The van der Waals surface area contributed by atoms with Crippen molar-refractivity contribution in [3.8, 4) is 11.5 Å². The van der Waals surface area contributed by atoms with Gasteiger partial charge in [-0.05, 0) is 53.9 Å². The SMILES string of the molecule is CCc1ccc(CCOc2cccc(CN(CC(=O)O)C(=O)Oc3cccc(Cl)c3)c2)nc1. The molecule has 172 valence electrons. The first-order valence-corrected chi connectivity index (χ1v) is 10.9. The molecule has 0 fully saturated rings. The number of halogens is 1. The predicted molar refractivity (Wildman–Crippen MR) is 125 cm³/mol. The van der Waals surface area contributed by atoms with E-state index in [0.717, 1.165) is 17.0 Å². The van der Waals surface area contributed by atoms with Gasteiger partial charge in [-0.3, -0.25) is 14.7 Å². The van der Waals surface area contributed by atoms with Crippen molar-refractivity contribution in [2.24, 2.45) is 0 Å². The van der Waals surface area contributed by atoms with Crippen molar-refractivity contribution >= 4 is 23.7 Å². The molecule has 3 rings (SSSR count). The number of carboxylic acid groups (broad SMARTS) is 1. The number of benzene rings is 2. The summed E-state index contributed by atoms with van der Waals surface area (Å²) in [6.45, 7) is 2.06. The standard InChI is InChI=1S/C25H25ClN2O5/c1-2-18-9-10-21(27-15-18)11-12-32-22-7-3-5-19(13-22)16-28(17-24(29)30)25(31)33-23-8-4-6-20(26)14-23/h3-10,13-15H,2,11-12,16-17H2,1H3,(H,29,30). The zero-order valence-corrected chi connectivity index (χ0v) is 19.0. The van der Waals surface area contributed by atoms with Crippen LogP contribution in [0.2, 0.25) is 5.02 Å². The molecule has 1 N–H and O–H groups in total. The number of carbonyl (C=O) groups excluding carboxylic acids is 1. The van der Waals surface area contributed by atoms with Crippen LogP contribution in [0.5, 0.6) is 11.5 Å². The lowest BCUT2D eigenvalue weighted by atomic mass is 10.2. The highest BCUT2D eigenvalue weighted by Gasteiger charge is 2.20. The molecular weight excluding hydrogens is 444 g/mol. The summed E-state index contributed by atoms with van der Waals surface area (Å²) in [5.74, 6) is -0.288. The number of aryl methyl sites for hydroxylation is 1. The third-order valence-corrected chi connectivity index (χ3v) is 5.01. The fraction of sp³-hybridized carbons (Fsp3) is 0.240. The molecule has 3 aromatic rings. The summed E-state index contributed by atoms with van der Waals surface area (Å²) >= 11 is 5.92. The van der Waals surface area contributed by atoms with Crippen molar-refractivity contribution in [2.75, 3.05) is 13.2 Å². The molecule has 1 heterocycles. The molecule has 0 radical (unpaired) electrons. The Bertz CT molecular complexity index is 1090. The highest BCUT2D eigenvalue weighted by Crippen LogP contribution is 2.20. The van der Waals surface area contributed by atoms with Crippen LogP contribution in [0.4, 0.5) is 4.79 Å². The molecule has 0 saturated heterocycles. The maximum atomic E-state index is 12.6. The van der Waals surface area contributed by atoms with E-state index in [2.05, 4.69) is 18.0 Å². The predicted octanol–water partition coefficient (Wildman–Crippen LogP) is 5.00. The van der Waals surface area contributed by atoms with E-state index in [-0.39, 0.29) is 12.3 Å². The van der Waals surface area contributed by atoms with E-state index in [1.165, 1.54) is 11.6 Å². The molecule has 33 heavy (non-hydrogen) atoms. The lowest BCUT2D eigenvalue weighted by molar-refractivity contribution is -0.138. The van der Waals surface area contributed by atoms with E-state index in [1.54, 1.807) is 36.4 Å². The summed E-state index contributed by atoms with van der Waals surface area (Å²) in [6.07, 6.45) is 2.69. The van der Waals surface area contributed by atoms with Crippen molar-refractivity contribution in [3.63, 3.8) is 0 Å². The zero-order chi connectivity index (χ0) is 23.6. The molecule has 0 spiro atoms. The van der Waals surface area contributed by atoms with Crippen molar-refractivity contribution in [2.45, 2.75) is 26.3 Å². The average molecular weight is 469 g/mol. The van der Waals surface area contributed by atoms with Gasteiger partial charge in [-0.25, -0.2) is 4.79 Å². The topological polar surface area (TPSA) is 89.0 Å². The third kappa shape index (κ3) is 7.80. The molecule has 2 aromatic carbocycles. The van der Waals surface area contributed by atoms with E-state index in [4.69, 9.17) is 21.1 Å². The number of hydrogen-bond donors (Lipinski definition) is 1. The van der Waals surface area contributed by atoms with E-state index in [0.29, 0.717) is 29.4 Å². The van der Waals surface area contributed by atoms with E-state index in [1.807, 2.05) is 18.3 Å². The quantitative estimate of drug-likeness (QED) is 0.450. The number of carbonyl (C=O) groups is 2. The summed E-state index contributed by atoms with van der Waals surface area (Å²) in [6, 6.07) is 17.6. The summed E-state index contributed by atoms with van der Waals surface area (Å²) < 4.78 is 11.1. The van der Waals surface area contributed by atoms with Crippen LogP contribution in [0.25, 0.3) is 0 Å². The number of aliphatic carboxylic acids is 1. The minimum absolute atomic E-state index is 0.0446. The van der Waals surface area contributed by atoms with Crippen molar-refractivity contribution in [3.05, 3.63) is 88.7 Å². The molecule has 1 aromatic heterocycles. The summed E-state index contributed by atoms with van der Waals surface area (Å²) in [4.78, 5) is 29.4. The highest BCUT2D eigenvalue weighted by atomic mass is 35.5. The Morgan fingerprint density at radius 2 is 1.82 bits per heavy atom. The average Bonchev–Trinajstić information content (AvgIpc) is 2.79. The second kappa shape index (κ2) is 11.9. The van der Waals surface area contributed by atoms with Gasteiger partial charge in [-0.15, -0.1) is 0 Å². The molecule has 0 atom stereocenters. The Hall–Kier alpha value is -3.58. The van der Waals surface area contributed by atoms with Gasteiger partial charge in [-0.1, -0.05) is 42.8 Å². The molecular formula is C25H25ClN2O5. The molecule has 1 amide bonds. The molecule has 0 saturated carbocycles. The fourth-order valence-electron chi connectivity index (χ4n) is 3.08. The highest BCUT2D eigenvalue weighted by molar-refractivity contribution is 6.30. The van der Waals surface area contributed by atoms with Crippen LogP contribution in [-0.2, 0) is 24.2 Å². The minimum atomic E-state index is -1.15. The van der Waals surface area contributed by atoms with Crippen molar-refractivity contribution in [1.29, 1.82) is 0 Å².